The summed E-state index contributed by atoms with van der Waals surface area (Å²) in [5, 5.41) is 0.473. The van der Waals surface area contributed by atoms with Crippen molar-refractivity contribution in [3.63, 3.8) is 0 Å². The molecule has 1 aliphatic rings. The van der Waals surface area contributed by atoms with Gasteiger partial charge in [0.1, 0.15) is 18.2 Å². The molecule has 0 unspecified atom stereocenters. The zero-order valence-corrected chi connectivity index (χ0v) is 18.7. The highest BCUT2D eigenvalue weighted by Gasteiger charge is 2.29. The molecule has 0 N–H and O–H groups in total. The van der Waals surface area contributed by atoms with Gasteiger partial charge in [0, 0.05) is 32.3 Å². The van der Waals surface area contributed by atoms with Crippen LogP contribution in [-0.2, 0) is 33.5 Å². The monoisotopic (exact) mass is 466 g/mol. The summed E-state index contributed by atoms with van der Waals surface area (Å²) >= 11 is 0. The maximum Gasteiger partial charge on any atom is 0.245 e. The third-order valence-electron chi connectivity index (χ3n) is 6.04. The SMILES string of the molecule is C[C@@H](C(=O)N1Cc2ccc(S(=O)(=O)Cc3ccncn3)cc2C1)n1ccc2c(F)cccc21.[HH]. The van der Waals surface area contributed by atoms with Gasteiger partial charge in [-0.1, -0.05) is 12.1 Å². The summed E-state index contributed by atoms with van der Waals surface area (Å²) in [5.41, 5.74) is 2.81. The molecule has 1 atom stereocenters. The fourth-order valence-electron chi connectivity index (χ4n) is 4.27. The van der Waals surface area contributed by atoms with Crippen LogP contribution in [0.5, 0.6) is 0 Å². The van der Waals surface area contributed by atoms with Gasteiger partial charge in [-0.2, -0.15) is 0 Å². The van der Waals surface area contributed by atoms with Crippen LogP contribution in [0.25, 0.3) is 10.9 Å². The molecule has 7 nitrogen and oxygen atoms in total. The fraction of sp³-hybridized carbons (Fsp3) is 0.208. The zero-order valence-electron chi connectivity index (χ0n) is 17.8. The summed E-state index contributed by atoms with van der Waals surface area (Å²) in [5.74, 6) is -0.654. The second kappa shape index (κ2) is 8.08. The van der Waals surface area contributed by atoms with E-state index in [1.165, 1.54) is 18.6 Å². The molecule has 4 aromatic rings. The van der Waals surface area contributed by atoms with E-state index in [-0.39, 0.29) is 23.8 Å². The smallest absolute Gasteiger partial charge is 0.245 e. The molecule has 1 aliphatic heterocycles. The van der Waals surface area contributed by atoms with E-state index in [0.29, 0.717) is 29.7 Å². The van der Waals surface area contributed by atoms with Gasteiger partial charge in [0.25, 0.3) is 0 Å². The van der Waals surface area contributed by atoms with Crippen LogP contribution in [0.1, 0.15) is 31.2 Å². The molecule has 0 spiro atoms. The van der Waals surface area contributed by atoms with Crippen LogP contribution in [0.4, 0.5) is 4.39 Å². The Morgan fingerprint density at radius 1 is 1.15 bits per heavy atom. The first-order chi connectivity index (χ1) is 15.8. The van der Waals surface area contributed by atoms with Crippen LogP contribution in [0.2, 0.25) is 0 Å². The van der Waals surface area contributed by atoms with Gasteiger partial charge in [0.2, 0.25) is 5.91 Å². The summed E-state index contributed by atoms with van der Waals surface area (Å²) in [6, 6.07) is 12.5. The molecule has 0 saturated heterocycles. The number of sulfone groups is 1. The summed E-state index contributed by atoms with van der Waals surface area (Å²) in [6.07, 6.45) is 4.55. The highest BCUT2D eigenvalue weighted by Crippen LogP contribution is 2.30. The number of hydrogen-bond acceptors (Lipinski definition) is 5. The number of benzene rings is 2. The molecule has 5 rings (SSSR count). The molecular weight excluding hydrogens is 443 g/mol. The summed E-state index contributed by atoms with van der Waals surface area (Å²) < 4.78 is 41.5. The van der Waals surface area contributed by atoms with Crippen LogP contribution in [0.15, 0.2) is 72.1 Å². The van der Waals surface area contributed by atoms with Gasteiger partial charge in [-0.05, 0) is 54.4 Å². The first kappa shape index (κ1) is 21.3. The molecule has 2 aromatic heterocycles. The molecule has 2 aromatic carbocycles. The Labute approximate surface area is 191 Å². The van der Waals surface area contributed by atoms with Gasteiger partial charge in [0.05, 0.1) is 21.9 Å². The van der Waals surface area contributed by atoms with Crippen molar-refractivity contribution in [2.45, 2.75) is 36.7 Å². The van der Waals surface area contributed by atoms with Crippen molar-refractivity contribution in [3.05, 3.63) is 89.9 Å². The largest absolute Gasteiger partial charge is 0.335 e. The molecular formula is C24H23FN4O3S. The lowest BCUT2D eigenvalue weighted by Crippen LogP contribution is -2.32. The predicted octanol–water partition coefficient (Wildman–Crippen LogP) is 3.89. The maximum atomic E-state index is 14.1. The predicted molar refractivity (Wildman–Crippen MR) is 122 cm³/mol. The standard InChI is InChI=1S/C24H21FN4O3S.H2/c1-16(29-10-8-21-22(25)3-2-4-23(21)29)24(30)28-12-17-5-6-20(11-18(17)13-28)33(31,32)14-19-7-9-26-15-27-19;/h2-11,15-16H,12-14H2,1H3;1H/t16-;/m0./s1. The Kier molecular flexibility index (Phi) is 5.20. The quantitative estimate of drug-likeness (QED) is 0.445. The number of rotatable bonds is 5. The van der Waals surface area contributed by atoms with Crippen molar-refractivity contribution in [2.24, 2.45) is 0 Å². The van der Waals surface area contributed by atoms with E-state index in [9.17, 15) is 17.6 Å². The minimum absolute atomic E-state index is 0. The van der Waals surface area contributed by atoms with Gasteiger partial charge in [-0.3, -0.25) is 4.79 Å². The number of hydrogen-bond donors (Lipinski definition) is 0. The maximum absolute atomic E-state index is 14.1. The van der Waals surface area contributed by atoms with Crippen molar-refractivity contribution in [1.29, 1.82) is 0 Å². The van der Waals surface area contributed by atoms with Gasteiger partial charge in [-0.25, -0.2) is 22.8 Å². The van der Waals surface area contributed by atoms with E-state index in [2.05, 4.69) is 9.97 Å². The van der Waals surface area contributed by atoms with Crippen LogP contribution in [-0.4, -0.2) is 33.8 Å². The minimum atomic E-state index is -3.59. The average molecular weight is 467 g/mol. The van der Waals surface area contributed by atoms with E-state index in [0.717, 1.165) is 11.1 Å². The Bertz CT molecular complexity index is 1470. The minimum Gasteiger partial charge on any atom is -0.335 e. The Morgan fingerprint density at radius 2 is 1.97 bits per heavy atom. The summed E-state index contributed by atoms with van der Waals surface area (Å²) in [7, 11) is -3.59. The van der Waals surface area contributed by atoms with E-state index >= 15 is 0 Å². The number of halogens is 1. The molecule has 170 valence electrons. The molecule has 1 amide bonds. The molecule has 0 saturated carbocycles. The van der Waals surface area contributed by atoms with E-state index in [1.54, 1.807) is 65.1 Å². The lowest BCUT2D eigenvalue weighted by atomic mass is 10.1. The van der Waals surface area contributed by atoms with Crippen molar-refractivity contribution >= 4 is 26.6 Å². The Hall–Kier alpha value is -3.59. The highest BCUT2D eigenvalue weighted by atomic mass is 32.2. The van der Waals surface area contributed by atoms with Crippen LogP contribution in [0, 0.1) is 5.82 Å². The molecule has 0 aliphatic carbocycles. The van der Waals surface area contributed by atoms with E-state index < -0.39 is 15.9 Å². The second-order valence-corrected chi connectivity index (χ2v) is 10.1. The normalized spacial score (nSPS) is 14.4. The lowest BCUT2D eigenvalue weighted by molar-refractivity contribution is -0.134. The summed E-state index contributed by atoms with van der Waals surface area (Å²) in [6.45, 7) is 2.51. The first-order valence-electron chi connectivity index (χ1n) is 10.5. The van der Waals surface area contributed by atoms with Crippen LogP contribution >= 0.6 is 0 Å². The zero-order chi connectivity index (χ0) is 23.2. The molecule has 0 fully saturated rings. The van der Waals surface area contributed by atoms with Gasteiger partial charge < -0.3 is 9.47 Å². The fourth-order valence-corrected chi connectivity index (χ4v) is 5.60. The molecule has 0 bridgehead atoms. The van der Waals surface area contributed by atoms with Crippen LogP contribution in [0.3, 0.4) is 0 Å². The van der Waals surface area contributed by atoms with Gasteiger partial charge in [-0.15, -0.1) is 0 Å². The second-order valence-electron chi connectivity index (χ2n) is 8.16. The number of carbonyl (C=O) groups excluding carboxylic acids is 1. The number of fused-ring (bicyclic) bond motifs is 2. The molecule has 33 heavy (non-hydrogen) atoms. The van der Waals surface area contributed by atoms with Crippen molar-refractivity contribution < 1.29 is 19.0 Å². The topological polar surface area (TPSA) is 85.2 Å². The molecule has 9 heteroatoms. The van der Waals surface area contributed by atoms with Gasteiger partial charge >= 0.3 is 0 Å². The molecule has 0 radical (unpaired) electrons. The van der Waals surface area contributed by atoms with E-state index in [4.69, 9.17) is 0 Å². The highest BCUT2D eigenvalue weighted by molar-refractivity contribution is 7.90. The van der Waals surface area contributed by atoms with Gasteiger partial charge in [0.15, 0.2) is 9.84 Å². The molecule has 3 heterocycles. The van der Waals surface area contributed by atoms with Crippen molar-refractivity contribution in [3.8, 4) is 0 Å². The Balaban J connectivity index is 0.00000274. The number of amides is 1. The third kappa shape index (κ3) is 3.89. The third-order valence-corrected chi connectivity index (χ3v) is 7.68. The first-order valence-corrected chi connectivity index (χ1v) is 12.1. The van der Waals surface area contributed by atoms with Crippen molar-refractivity contribution in [1.82, 2.24) is 19.4 Å². The van der Waals surface area contributed by atoms with Crippen LogP contribution < -0.4 is 0 Å². The summed E-state index contributed by atoms with van der Waals surface area (Å²) in [4.78, 5) is 23.0. The average Bonchev–Trinajstić information content (AvgIpc) is 3.43. The lowest BCUT2D eigenvalue weighted by Gasteiger charge is -2.22. The number of aromatic nitrogens is 3. The van der Waals surface area contributed by atoms with Crippen molar-refractivity contribution in [2.75, 3.05) is 0 Å². The Morgan fingerprint density at radius 3 is 2.76 bits per heavy atom. The number of carbonyl (C=O) groups is 1. The van der Waals surface area contributed by atoms with E-state index in [1.807, 2.05) is 0 Å². The number of nitrogens with zero attached hydrogens (tertiary/aromatic N) is 4.